The van der Waals surface area contributed by atoms with Crippen LogP contribution in [-0.4, -0.2) is 33.1 Å². The second-order valence-corrected chi connectivity index (χ2v) is 6.24. The van der Waals surface area contributed by atoms with Crippen LogP contribution in [0, 0.1) is 10.1 Å². The number of fused-ring (bicyclic) bond motifs is 1. The van der Waals surface area contributed by atoms with Gasteiger partial charge in [0, 0.05) is 0 Å². The lowest BCUT2D eigenvalue weighted by Crippen LogP contribution is -2.14. The number of thiazole rings is 1. The zero-order valence-electron chi connectivity index (χ0n) is 13.5. The fraction of sp³-hybridized carbons (Fsp3) is 0.267. The van der Waals surface area contributed by atoms with Gasteiger partial charge in [-0.05, 0) is 24.6 Å². The summed E-state index contributed by atoms with van der Waals surface area (Å²) >= 11 is 1.25. The lowest BCUT2D eigenvalue weighted by atomic mass is 10.2. The van der Waals surface area contributed by atoms with Crippen LogP contribution >= 0.6 is 11.3 Å². The lowest BCUT2D eigenvalue weighted by molar-refractivity contribution is -0.385. The highest BCUT2D eigenvalue weighted by molar-refractivity contribution is 7.22. The Bertz CT molecular complexity index is 949. The number of benzene rings is 1. The maximum absolute atomic E-state index is 12.4. The number of anilines is 1. The fourth-order valence-electron chi connectivity index (χ4n) is 2.39. The number of H-pyrrole nitrogens is 1. The van der Waals surface area contributed by atoms with Gasteiger partial charge in [-0.3, -0.25) is 25.3 Å². The summed E-state index contributed by atoms with van der Waals surface area (Å²) in [6.45, 7) is 1.89. The molecular formula is C15H15N5O4S. The Balaban J connectivity index is 1.88. The van der Waals surface area contributed by atoms with Crippen LogP contribution in [0.5, 0.6) is 5.75 Å². The molecule has 1 amide bonds. The summed E-state index contributed by atoms with van der Waals surface area (Å²) in [7, 11) is 1.56. The first-order valence-electron chi connectivity index (χ1n) is 7.51. The second kappa shape index (κ2) is 6.85. The van der Waals surface area contributed by atoms with Crippen molar-refractivity contribution in [1.29, 1.82) is 0 Å². The average Bonchev–Trinajstić information content (AvgIpc) is 3.17. The number of rotatable bonds is 6. The number of amides is 1. The average molecular weight is 361 g/mol. The Morgan fingerprint density at radius 2 is 2.28 bits per heavy atom. The molecule has 0 atom stereocenters. The number of nitro groups is 1. The van der Waals surface area contributed by atoms with E-state index in [0.717, 1.165) is 4.70 Å². The molecular weight excluding hydrogens is 346 g/mol. The zero-order chi connectivity index (χ0) is 18.0. The summed E-state index contributed by atoms with van der Waals surface area (Å²) in [5.74, 6) is 0.0116. The molecule has 10 heteroatoms. The number of carbonyl (C=O) groups is 1. The van der Waals surface area contributed by atoms with Gasteiger partial charge in [0.05, 0.1) is 22.2 Å². The van der Waals surface area contributed by atoms with Crippen LogP contribution in [0.25, 0.3) is 10.2 Å². The van der Waals surface area contributed by atoms with E-state index in [1.807, 2.05) is 6.92 Å². The van der Waals surface area contributed by atoms with Crippen molar-refractivity contribution in [2.45, 2.75) is 19.8 Å². The van der Waals surface area contributed by atoms with Crippen LogP contribution < -0.4 is 10.1 Å². The molecule has 0 unspecified atom stereocenters. The number of hydrogen-bond donors (Lipinski definition) is 2. The number of nitrogens with one attached hydrogen (secondary N) is 2. The monoisotopic (exact) mass is 361 g/mol. The molecule has 0 spiro atoms. The van der Waals surface area contributed by atoms with Crippen molar-refractivity contribution in [2.75, 3.05) is 12.4 Å². The number of aromatic amines is 1. The first-order valence-corrected chi connectivity index (χ1v) is 8.32. The zero-order valence-corrected chi connectivity index (χ0v) is 14.3. The number of hydrogen-bond acceptors (Lipinski definition) is 7. The van der Waals surface area contributed by atoms with E-state index in [1.54, 1.807) is 25.3 Å². The topological polar surface area (TPSA) is 123 Å². The van der Waals surface area contributed by atoms with E-state index in [0.29, 0.717) is 34.9 Å². The number of carbonyl (C=O) groups excluding carboxylic acids is 1. The van der Waals surface area contributed by atoms with Gasteiger partial charge >= 0.3 is 5.69 Å². The van der Waals surface area contributed by atoms with E-state index in [1.165, 1.54) is 11.3 Å². The first kappa shape index (κ1) is 16.8. The standard InChI is InChI=1S/C15H15N5O4S/c1-3-4-10-13(20(22)23)12(19-18-10)14(21)17-15-16-9-6-5-8(24-2)7-11(9)25-15/h5-7H,3-4H2,1-2H3,(H,18,19)(H,16,17,21). The highest BCUT2D eigenvalue weighted by Gasteiger charge is 2.29. The molecule has 3 rings (SSSR count). The van der Waals surface area contributed by atoms with Gasteiger partial charge in [-0.15, -0.1) is 0 Å². The summed E-state index contributed by atoms with van der Waals surface area (Å²) in [6.07, 6.45) is 1.14. The predicted molar refractivity (Wildman–Crippen MR) is 93.4 cm³/mol. The van der Waals surface area contributed by atoms with Crippen molar-refractivity contribution in [3.05, 3.63) is 39.7 Å². The van der Waals surface area contributed by atoms with Gasteiger partial charge in [0.25, 0.3) is 5.91 Å². The number of aryl methyl sites for hydroxylation is 1. The SMILES string of the molecule is CCCc1[nH]nc(C(=O)Nc2nc3ccc(OC)cc3s2)c1[N+](=O)[O-]. The molecule has 1 aromatic carbocycles. The third kappa shape index (κ3) is 3.29. The quantitative estimate of drug-likeness (QED) is 0.513. The van der Waals surface area contributed by atoms with Crippen LogP contribution in [0.1, 0.15) is 29.5 Å². The van der Waals surface area contributed by atoms with E-state index in [-0.39, 0.29) is 11.4 Å². The van der Waals surface area contributed by atoms with Crippen molar-refractivity contribution in [3.8, 4) is 5.75 Å². The largest absolute Gasteiger partial charge is 0.497 e. The number of ether oxygens (including phenoxy) is 1. The number of aromatic nitrogens is 3. The van der Waals surface area contributed by atoms with Gasteiger partial charge in [0.15, 0.2) is 5.13 Å². The third-order valence-electron chi connectivity index (χ3n) is 3.53. The van der Waals surface area contributed by atoms with Crippen molar-refractivity contribution < 1.29 is 14.5 Å². The van der Waals surface area contributed by atoms with Crippen LogP contribution in [0.4, 0.5) is 10.8 Å². The Kier molecular flexibility index (Phi) is 4.61. The molecule has 0 aliphatic heterocycles. The van der Waals surface area contributed by atoms with E-state index in [4.69, 9.17) is 4.74 Å². The summed E-state index contributed by atoms with van der Waals surface area (Å²) in [6, 6.07) is 5.35. The Labute approximate surface area is 146 Å². The van der Waals surface area contributed by atoms with Gasteiger partial charge in [-0.25, -0.2) is 4.98 Å². The maximum Gasteiger partial charge on any atom is 0.322 e. The van der Waals surface area contributed by atoms with Gasteiger partial charge in [-0.1, -0.05) is 24.7 Å². The maximum atomic E-state index is 12.4. The number of nitrogens with zero attached hydrogens (tertiary/aromatic N) is 3. The van der Waals surface area contributed by atoms with Gasteiger partial charge in [0.2, 0.25) is 5.69 Å². The fourth-order valence-corrected chi connectivity index (χ4v) is 3.28. The van der Waals surface area contributed by atoms with Gasteiger partial charge in [-0.2, -0.15) is 5.10 Å². The molecule has 2 heterocycles. The minimum atomic E-state index is -0.670. The first-order chi connectivity index (χ1) is 12.0. The molecule has 0 fully saturated rings. The summed E-state index contributed by atoms with van der Waals surface area (Å²) in [4.78, 5) is 27.4. The van der Waals surface area contributed by atoms with Gasteiger partial charge in [0.1, 0.15) is 11.4 Å². The highest BCUT2D eigenvalue weighted by Crippen LogP contribution is 2.30. The van der Waals surface area contributed by atoms with E-state index in [2.05, 4.69) is 20.5 Å². The van der Waals surface area contributed by atoms with Crippen LogP contribution in [0.3, 0.4) is 0 Å². The highest BCUT2D eigenvalue weighted by atomic mass is 32.1. The molecule has 0 radical (unpaired) electrons. The minimum Gasteiger partial charge on any atom is -0.497 e. The van der Waals surface area contributed by atoms with Crippen molar-refractivity contribution >= 4 is 38.3 Å². The van der Waals surface area contributed by atoms with E-state index in [9.17, 15) is 14.9 Å². The molecule has 9 nitrogen and oxygen atoms in total. The molecule has 3 aromatic rings. The molecule has 0 aliphatic carbocycles. The van der Waals surface area contributed by atoms with Crippen LogP contribution in [-0.2, 0) is 6.42 Å². The van der Waals surface area contributed by atoms with Crippen LogP contribution in [0.2, 0.25) is 0 Å². The second-order valence-electron chi connectivity index (χ2n) is 5.21. The Morgan fingerprint density at radius 3 is 2.96 bits per heavy atom. The van der Waals surface area contributed by atoms with Crippen LogP contribution in [0.15, 0.2) is 18.2 Å². The van der Waals surface area contributed by atoms with Crippen molar-refractivity contribution in [1.82, 2.24) is 15.2 Å². The predicted octanol–water partition coefficient (Wildman–Crippen LogP) is 3.14. The summed E-state index contributed by atoms with van der Waals surface area (Å²) in [5.41, 5.74) is 0.503. The Hall–Kier alpha value is -3.01. The molecule has 0 saturated heterocycles. The summed E-state index contributed by atoms with van der Waals surface area (Å²) < 4.78 is 5.98. The molecule has 130 valence electrons. The molecule has 0 saturated carbocycles. The van der Waals surface area contributed by atoms with Crippen molar-refractivity contribution in [2.24, 2.45) is 0 Å². The summed E-state index contributed by atoms with van der Waals surface area (Å²) in [5, 5.41) is 20.6. The third-order valence-corrected chi connectivity index (χ3v) is 4.46. The van der Waals surface area contributed by atoms with Crippen molar-refractivity contribution in [3.63, 3.8) is 0 Å². The molecule has 0 bridgehead atoms. The normalized spacial score (nSPS) is 10.8. The molecule has 25 heavy (non-hydrogen) atoms. The van der Waals surface area contributed by atoms with E-state index < -0.39 is 10.8 Å². The molecule has 0 aliphatic rings. The minimum absolute atomic E-state index is 0.245. The smallest absolute Gasteiger partial charge is 0.322 e. The van der Waals surface area contributed by atoms with Gasteiger partial charge < -0.3 is 4.74 Å². The molecule has 2 N–H and O–H groups in total. The lowest BCUT2D eigenvalue weighted by Gasteiger charge is -1.98. The number of methoxy groups -OCH3 is 1. The Morgan fingerprint density at radius 1 is 1.48 bits per heavy atom. The molecule has 2 aromatic heterocycles. The van der Waals surface area contributed by atoms with E-state index >= 15 is 0 Å².